The second-order valence-corrected chi connectivity index (χ2v) is 6.00. The highest BCUT2D eigenvalue weighted by Crippen LogP contribution is 2.25. The summed E-state index contributed by atoms with van der Waals surface area (Å²) in [6.45, 7) is 6.61. The Bertz CT molecular complexity index is 480. The zero-order chi connectivity index (χ0) is 14.8. The molecule has 1 heterocycles. The van der Waals surface area contributed by atoms with E-state index in [0.717, 1.165) is 50.3 Å². The fourth-order valence-corrected chi connectivity index (χ4v) is 2.46. The molecule has 1 fully saturated rings. The topological polar surface area (TPSA) is 85.8 Å². The molecule has 2 rings (SSSR count). The quantitative estimate of drug-likeness (QED) is 0.697. The normalized spacial score (nSPS) is 17.9. The molecule has 1 atom stereocenters. The predicted octanol–water partition coefficient (Wildman–Crippen LogP) is 1.06. The van der Waals surface area contributed by atoms with Crippen molar-refractivity contribution >= 4 is 5.91 Å². The van der Waals surface area contributed by atoms with Gasteiger partial charge in [-0.3, -0.25) is 9.48 Å². The van der Waals surface area contributed by atoms with E-state index in [4.69, 9.17) is 5.73 Å². The number of nitrogens with one attached hydrogen (secondary N) is 1. The van der Waals surface area contributed by atoms with Gasteiger partial charge in [0, 0.05) is 12.6 Å². The van der Waals surface area contributed by atoms with Crippen LogP contribution in [0.15, 0.2) is 0 Å². The SMILES string of the molecule is Cc1nc(C)n(CCCCC(C)(NC2CC2)C(N)=O)n1. The van der Waals surface area contributed by atoms with Crippen molar-refractivity contribution < 1.29 is 4.79 Å². The molecule has 1 aromatic rings. The molecule has 20 heavy (non-hydrogen) atoms. The van der Waals surface area contributed by atoms with Gasteiger partial charge in [-0.1, -0.05) is 0 Å². The minimum atomic E-state index is -0.575. The van der Waals surface area contributed by atoms with Crippen LogP contribution in [0.5, 0.6) is 0 Å². The Kier molecular flexibility index (Phi) is 4.42. The van der Waals surface area contributed by atoms with Crippen molar-refractivity contribution in [2.45, 2.75) is 71.0 Å². The summed E-state index contributed by atoms with van der Waals surface area (Å²) in [6.07, 6.45) is 4.99. The highest BCUT2D eigenvalue weighted by Gasteiger charge is 2.36. The Morgan fingerprint density at radius 2 is 2.15 bits per heavy atom. The Balaban J connectivity index is 1.78. The third-order valence-corrected chi connectivity index (χ3v) is 3.90. The molecule has 1 aliphatic carbocycles. The lowest BCUT2D eigenvalue weighted by Gasteiger charge is -2.27. The van der Waals surface area contributed by atoms with E-state index in [1.165, 1.54) is 0 Å². The van der Waals surface area contributed by atoms with Gasteiger partial charge in [0.15, 0.2) is 0 Å². The average Bonchev–Trinajstić information content (AvgIpc) is 3.10. The van der Waals surface area contributed by atoms with Crippen LogP contribution in [-0.4, -0.2) is 32.3 Å². The number of amides is 1. The van der Waals surface area contributed by atoms with Crippen molar-refractivity contribution in [3.05, 3.63) is 11.6 Å². The minimum Gasteiger partial charge on any atom is -0.368 e. The first kappa shape index (κ1) is 15.0. The van der Waals surface area contributed by atoms with Crippen LogP contribution >= 0.6 is 0 Å². The van der Waals surface area contributed by atoms with Crippen LogP contribution < -0.4 is 11.1 Å². The largest absolute Gasteiger partial charge is 0.368 e. The van der Waals surface area contributed by atoms with E-state index in [9.17, 15) is 4.79 Å². The van der Waals surface area contributed by atoms with Crippen LogP contribution in [0, 0.1) is 13.8 Å². The summed E-state index contributed by atoms with van der Waals surface area (Å²) in [5.74, 6) is 1.49. The minimum absolute atomic E-state index is 0.253. The third kappa shape index (κ3) is 3.79. The zero-order valence-corrected chi connectivity index (χ0v) is 12.6. The van der Waals surface area contributed by atoms with Crippen molar-refractivity contribution in [2.24, 2.45) is 5.73 Å². The molecule has 0 radical (unpaired) electrons. The van der Waals surface area contributed by atoms with E-state index in [1.807, 2.05) is 25.5 Å². The second-order valence-electron chi connectivity index (χ2n) is 6.00. The lowest BCUT2D eigenvalue weighted by atomic mass is 9.93. The third-order valence-electron chi connectivity index (χ3n) is 3.90. The number of aromatic nitrogens is 3. The maximum atomic E-state index is 11.6. The van der Waals surface area contributed by atoms with E-state index >= 15 is 0 Å². The molecule has 1 unspecified atom stereocenters. The molecule has 3 N–H and O–H groups in total. The van der Waals surface area contributed by atoms with Crippen molar-refractivity contribution in [1.29, 1.82) is 0 Å². The molecule has 0 aliphatic heterocycles. The molecule has 1 aliphatic rings. The van der Waals surface area contributed by atoms with Gasteiger partial charge in [0.2, 0.25) is 5.91 Å². The molecule has 0 saturated heterocycles. The fourth-order valence-electron chi connectivity index (χ4n) is 2.46. The first-order chi connectivity index (χ1) is 9.40. The molecule has 6 nitrogen and oxygen atoms in total. The van der Waals surface area contributed by atoms with Crippen molar-refractivity contribution in [3.63, 3.8) is 0 Å². The number of carbonyl (C=O) groups excluding carboxylic acids is 1. The Hall–Kier alpha value is -1.43. The molecule has 1 amide bonds. The van der Waals surface area contributed by atoms with Gasteiger partial charge in [-0.25, -0.2) is 4.98 Å². The first-order valence-corrected chi connectivity index (χ1v) is 7.36. The van der Waals surface area contributed by atoms with Crippen LogP contribution in [0.1, 0.15) is 50.7 Å². The molecular weight excluding hydrogens is 254 g/mol. The summed E-state index contributed by atoms with van der Waals surface area (Å²) < 4.78 is 1.92. The van der Waals surface area contributed by atoms with E-state index < -0.39 is 5.54 Å². The van der Waals surface area contributed by atoms with Crippen LogP contribution in [0.3, 0.4) is 0 Å². The van der Waals surface area contributed by atoms with Crippen LogP contribution in [0.25, 0.3) is 0 Å². The number of hydrogen-bond donors (Lipinski definition) is 2. The van der Waals surface area contributed by atoms with Gasteiger partial charge in [-0.2, -0.15) is 5.10 Å². The zero-order valence-electron chi connectivity index (χ0n) is 12.6. The standard InChI is InChI=1S/C14H25N5O/c1-10-16-11(2)19(18-10)9-5-4-8-14(3,13(15)20)17-12-6-7-12/h12,17H,4-9H2,1-3H3,(H2,15,20). The average molecular weight is 279 g/mol. The molecule has 0 spiro atoms. The second kappa shape index (κ2) is 5.91. The van der Waals surface area contributed by atoms with E-state index in [2.05, 4.69) is 15.4 Å². The summed E-state index contributed by atoms with van der Waals surface area (Å²) in [4.78, 5) is 15.9. The molecule has 1 saturated carbocycles. The van der Waals surface area contributed by atoms with Gasteiger partial charge in [-0.15, -0.1) is 0 Å². The molecule has 6 heteroatoms. The van der Waals surface area contributed by atoms with Gasteiger partial charge in [-0.05, 0) is 52.9 Å². The van der Waals surface area contributed by atoms with Gasteiger partial charge in [0.1, 0.15) is 11.6 Å². The van der Waals surface area contributed by atoms with Gasteiger partial charge < -0.3 is 11.1 Å². The van der Waals surface area contributed by atoms with Crippen molar-refractivity contribution in [2.75, 3.05) is 0 Å². The smallest absolute Gasteiger partial charge is 0.237 e. The van der Waals surface area contributed by atoms with Crippen molar-refractivity contribution in [3.8, 4) is 0 Å². The Morgan fingerprint density at radius 1 is 1.45 bits per heavy atom. The highest BCUT2D eigenvalue weighted by molar-refractivity contribution is 5.84. The summed E-state index contributed by atoms with van der Waals surface area (Å²) >= 11 is 0. The van der Waals surface area contributed by atoms with Crippen LogP contribution in [-0.2, 0) is 11.3 Å². The monoisotopic (exact) mass is 279 g/mol. The van der Waals surface area contributed by atoms with E-state index in [0.29, 0.717) is 6.04 Å². The maximum Gasteiger partial charge on any atom is 0.237 e. The number of primary amides is 1. The number of rotatable bonds is 8. The van der Waals surface area contributed by atoms with Gasteiger partial charge in [0.05, 0.1) is 5.54 Å². The lowest BCUT2D eigenvalue weighted by Crippen LogP contribution is -2.53. The number of unbranched alkanes of at least 4 members (excludes halogenated alkanes) is 1. The first-order valence-electron chi connectivity index (χ1n) is 7.36. The summed E-state index contributed by atoms with van der Waals surface area (Å²) in [6, 6.07) is 0.479. The fraction of sp³-hybridized carbons (Fsp3) is 0.786. The summed E-state index contributed by atoms with van der Waals surface area (Å²) in [7, 11) is 0. The van der Waals surface area contributed by atoms with Crippen LogP contribution in [0.2, 0.25) is 0 Å². The summed E-state index contributed by atoms with van der Waals surface area (Å²) in [5, 5.41) is 7.71. The number of carbonyl (C=O) groups is 1. The number of aryl methyl sites for hydroxylation is 3. The Labute approximate surface area is 120 Å². The number of nitrogens with zero attached hydrogens (tertiary/aromatic N) is 3. The predicted molar refractivity (Wildman–Crippen MR) is 77.1 cm³/mol. The van der Waals surface area contributed by atoms with Crippen LogP contribution in [0.4, 0.5) is 0 Å². The van der Waals surface area contributed by atoms with Crippen molar-refractivity contribution in [1.82, 2.24) is 20.1 Å². The maximum absolute atomic E-state index is 11.6. The number of hydrogen-bond acceptors (Lipinski definition) is 4. The Morgan fingerprint density at radius 3 is 2.65 bits per heavy atom. The summed E-state index contributed by atoms with van der Waals surface area (Å²) in [5.41, 5.74) is 4.96. The highest BCUT2D eigenvalue weighted by atomic mass is 16.1. The van der Waals surface area contributed by atoms with E-state index in [1.54, 1.807) is 0 Å². The van der Waals surface area contributed by atoms with Gasteiger partial charge in [0.25, 0.3) is 0 Å². The lowest BCUT2D eigenvalue weighted by molar-refractivity contribution is -0.124. The molecule has 1 aromatic heterocycles. The molecule has 0 aromatic carbocycles. The molecule has 112 valence electrons. The van der Waals surface area contributed by atoms with E-state index in [-0.39, 0.29) is 5.91 Å². The van der Waals surface area contributed by atoms with Gasteiger partial charge >= 0.3 is 0 Å². The molecule has 0 bridgehead atoms. The number of nitrogens with two attached hydrogens (primary N) is 1. The molecular formula is C14H25N5O.